The van der Waals surface area contributed by atoms with Gasteiger partial charge in [-0.05, 0) is 39.0 Å². The smallest absolute Gasteiger partial charge is 0.407 e. The van der Waals surface area contributed by atoms with Crippen LogP contribution in [0.4, 0.5) is 4.79 Å². The van der Waals surface area contributed by atoms with Crippen molar-refractivity contribution >= 4 is 12.1 Å². The molecule has 0 radical (unpaired) electrons. The summed E-state index contributed by atoms with van der Waals surface area (Å²) in [6, 6.07) is 7.59. The first-order valence-corrected chi connectivity index (χ1v) is 8.52. The van der Waals surface area contributed by atoms with Crippen molar-refractivity contribution in [3.63, 3.8) is 0 Å². The second-order valence-electron chi connectivity index (χ2n) is 6.14. The summed E-state index contributed by atoms with van der Waals surface area (Å²) in [5.74, 6) is -0.474. The highest BCUT2D eigenvalue weighted by Crippen LogP contribution is 2.20. The van der Waals surface area contributed by atoms with Gasteiger partial charge in [-0.3, -0.25) is 0 Å². The van der Waals surface area contributed by atoms with Crippen molar-refractivity contribution in [2.45, 2.75) is 46.8 Å². The third kappa shape index (κ3) is 8.17. The molecule has 146 valence electrons. The van der Waals surface area contributed by atoms with Gasteiger partial charge in [-0.1, -0.05) is 19.9 Å². The van der Waals surface area contributed by atoms with Gasteiger partial charge in [-0.25, -0.2) is 19.6 Å². The predicted molar refractivity (Wildman–Crippen MR) is 99.9 cm³/mol. The highest BCUT2D eigenvalue weighted by atomic mass is 16.6. The number of amides is 1. The van der Waals surface area contributed by atoms with Gasteiger partial charge >= 0.3 is 12.1 Å². The monoisotopic (exact) mass is 375 g/mol. The molecule has 1 heterocycles. The van der Waals surface area contributed by atoms with Crippen molar-refractivity contribution < 1.29 is 24.2 Å². The second kappa shape index (κ2) is 10.1. The number of nitrogens with zero attached hydrogens (tertiary/aromatic N) is 2. The first-order chi connectivity index (χ1) is 12.7. The van der Waals surface area contributed by atoms with Crippen molar-refractivity contribution in [3.05, 3.63) is 47.9 Å². The Morgan fingerprint density at radius 3 is 2.48 bits per heavy atom. The zero-order valence-corrected chi connectivity index (χ0v) is 16.1. The number of carbonyl (C=O) groups excluding carboxylic acids is 1. The van der Waals surface area contributed by atoms with Crippen LogP contribution < -0.4 is 10.1 Å². The standard InChI is InChI=1S/C17H19N3O5.C2H6/c1-17(2,3)25-16(23)18-9-12-8-14(20-10-19-12)24-13-6-4-5-11(7-13)15(21)22;1-2/h4-8,10H,9H2,1-3H3,(H,18,23)(H,21,22);1-2H3. The number of alkyl carbamates (subject to hydrolysis) is 1. The van der Waals surface area contributed by atoms with Gasteiger partial charge in [0.05, 0.1) is 17.8 Å². The van der Waals surface area contributed by atoms with Gasteiger partial charge in [0.2, 0.25) is 5.88 Å². The molecule has 8 nitrogen and oxygen atoms in total. The molecule has 0 aliphatic heterocycles. The van der Waals surface area contributed by atoms with Crippen molar-refractivity contribution in [3.8, 4) is 11.6 Å². The lowest BCUT2D eigenvalue weighted by Gasteiger charge is -2.19. The summed E-state index contributed by atoms with van der Waals surface area (Å²) in [6.45, 7) is 9.46. The molecule has 2 N–H and O–H groups in total. The molecule has 0 spiro atoms. The average Bonchev–Trinajstić information content (AvgIpc) is 2.61. The number of carbonyl (C=O) groups is 2. The fourth-order valence-electron chi connectivity index (χ4n) is 1.82. The lowest BCUT2D eigenvalue weighted by Crippen LogP contribution is -2.32. The number of aromatic carboxylic acids is 1. The van der Waals surface area contributed by atoms with E-state index in [-0.39, 0.29) is 18.0 Å². The summed E-state index contributed by atoms with van der Waals surface area (Å²) < 4.78 is 10.7. The first kappa shape index (κ1) is 21.9. The van der Waals surface area contributed by atoms with Crippen molar-refractivity contribution in [2.75, 3.05) is 0 Å². The third-order valence-corrected chi connectivity index (χ3v) is 2.81. The van der Waals surface area contributed by atoms with E-state index in [1.165, 1.54) is 18.5 Å². The van der Waals surface area contributed by atoms with Crippen LogP contribution in [0.25, 0.3) is 0 Å². The van der Waals surface area contributed by atoms with Crippen LogP contribution in [-0.4, -0.2) is 32.7 Å². The molecular formula is C19H25N3O5. The fourth-order valence-corrected chi connectivity index (χ4v) is 1.82. The summed E-state index contributed by atoms with van der Waals surface area (Å²) in [4.78, 5) is 30.6. The quantitative estimate of drug-likeness (QED) is 0.812. The van der Waals surface area contributed by atoms with Gasteiger partial charge in [-0.15, -0.1) is 0 Å². The first-order valence-electron chi connectivity index (χ1n) is 8.52. The molecule has 1 amide bonds. The van der Waals surface area contributed by atoms with Gasteiger partial charge in [0.15, 0.2) is 0 Å². The number of ether oxygens (including phenoxy) is 2. The van der Waals surface area contributed by atoms with Crippen molar-refractivity contribution in [1.29, 1.82) is 0 Å². The highest BCUT2D eigenvalue weighted by molar-refractivity contribution is 5.88. The fraction of sp³-hybridized carbons (Fsp3) is 0.368. The van der Waals surface area contributed by atoms with E-state index < -0.39 is 17.7 Å². The van der Waals surface area contributed by atoms with Crippen LogP contribution >= 0.6 is 0 Å². The number of hydrogen-bond acceptors (Lipinski definition) is 6. The SMILES string of the molecule is CC.CC(C)(C)OC(=O)NCc1cc(Oc2cccc(C(=O)O)c2)ncn1. The molecular weight excluding hydrogens is 350 g/mol. The molecule has 0 unspecified atom stereocenters. The lowest BCUT2D eigenvalue weighted by molar-refractivity contribution is 0.0522. The zero-order valence-electron chi connectivity index (χ0n) is 16.1. The van der Waals surface area contributed by atoms with Gasteiger partial charge in [-0.2, -0.15) is 0 Å². The Balaban J connectivity index is 0.00000176. The number of nitrogens with one attached hydrogen (secondary N) is 1. The predicted octanol–water partition coefficient (Wildman–Crippen LogP) is 4.02. The minimum absolute atomic E-state index is 0.110. The summed E-state index contributed by atoms with van der Waals surface area (Å²) in [5, 5.41) is 11.6. The van der Waals surface area contributed by atoms with Crippen LogP contribution in [0, 0.1) is 0 Å². The molecule has 0 fully saturated rings. The largest absolute Gasteiger partial charge is 0.478 e. The summed E-state index contributed by atoms with van der Waals surface area (Å²) in [6.07, 6.45) is 0.741. The zero-order chi connectivity index (χ0) is 20.4. The number of carboxylic acid groups (broad SMARTS) is 1. The van der Waals surface area contributed by atoms with Crippen LogP contribution in [0.1, 0.15) is 50.7 Å². The van der Waals surface area contributed by atoms with Gasteiger partial charge in [0.1, 0.15) is 17.7 Å². The second-order valence-corrected chi connectivity index (χ2v) is 6.14. The highest BCUT2D eigenvalue weighted by Gasteiger charge is 2.16. The molecule has 8 heteroatoms. The van der Waals surface area contributed by atoms with E-state index in [1.807, 2.05) is 13.8 Å². The number of aromatic nitrogens is 2. The number of hydrogen-bond donors (Lipinski definition) is 2. The third-order valence-electron chi connectivity index (χ3n) is 2.81. The maximum absolute atomic E-state index is 11.6. The lowest BCUT2D eigenvalue weighted by atomic mass is 10.2. The summed E-state index contributed by atoms with van der Waals surface area (Å²) in [5.41, 5.74) is 0.0442. The van der Waals surface area contributed by atoms with Gasteiger partial charge < -0.3 is 19.9 Å². The summed E-state index contributed by atoms with van der Waals surface area (Å²) >= 11 is 0. The van der Waals surface area contributed by atoms with Crippen molar-refractivity contribution in [2.24, 2.45) is 0 Å². The van der Waals surface area contributed by atoms with E-state index in [1.54, 1.807) is 39.0 Å². The Hall–Kier alpha value is -3.16. The van der Waals surface area contributed by atoms with E-state index >= 15 is 0 Å². The minimum atomic E-state index is -1.05. The molecule has 0 saturated heterocycles. The minimum Gasteiger partial charge on any atom is -0.478 e. The van der Waals surface area contributed by atoms with E-state index in [0.29, 0.717) is 11.4 Å². The van der Waals surface area contributed by atoms with Crippen LogP contribution in [0.15, 0.2) is 36.7 Å². The van der Waals surface area contributed by atoms with Crippen molar-refractivity contribution in [1.82, 2.24) is 15.3 Å². The topological polar surface area (TPSA) is 111 Å². The molecule has 0 aliphatic carbocycles. The molecule has 1 aromatic heterocycles. The van der Waals surface area contributed by atoms with Gasteiger partial charge in [0.25, 0.3) is 0 Å². The Morgan fingerprint density at radius 2 is 1.85 bits per heavy atom. The van der Waals surface area contributed by atoms with E-state index in [2.05, 4.69) is 15.3 Å². The maximum Gasteiger partial charge on any atom is 0.407 e. The van der Waals surface area contributed by atoms with E-state index in [4.69, 9.17) is 14.6 Å². The van der Waals surface area contributed by atoms with Crippen LogP contribution in [0.2, 0.25) is 0 Å². The Bertz CT molecular complexity index is 772. The normalized spacial score (nSPS) is 10.3. The average molecular weight is 375 g/mol. The van der Waals surface area contributed by atoms with E-state index in [0.717, 1.165) is 0 Å². The number of benzene rings is 1. The van der Waals surface area contributed by atoms with Crippen LogP contribution in [0.5, 0.6) is 11.6 Å². The van der Waals surface area contributed by atoms with E-state index in [9.17, 15) is 9.59 Å². The molecule has 2 rings (SSSR count). The Labute approximate surface area is 158 Å². The molecule has 0 aliphatic rings. The Morgan fingerprint density at radius 1 is 1.15 bits per heavy atom. The molecule has 0 atom stereocenters. The maximum atomic E-state index is 11.6. The van der Waals surface area contributed by atoms with Crippen LogP contribution in [-0.2, 0) is 11.3 Å². The number of carboxylic acids is 1. The Kier molecular flexibility index (Phi) is 8.19. The molecule has 2 aromatic rings. The molecule has 0 bridgehead atoms. The van der Waals surface area contributed by atoms with Gasteiger partial charge in [0, 0.05) is 6.07 Å². The summed E-state index contributed by atoms with van der Waals surface area (Å²) in [7, 11) is 0. The molecule has 1 aromatic carbocycles. The molecule has 27 heavy (non-hydrogen) atoms. The van der Waals surface area contributed by atoms with Crippen LogP contribution in [0.3, 0.4) is 0 Å². The number of rotatable bonds is 5. The molecule has 0 saturated carbocycles.